The zero-order chi connectivity index (χ0) is 19.3. The third-order valence-electron chi connectivity index (χ3n) is 4.29. The molecule has 2 aromatic rings. The minimum Gasteiger partial charge on any atom is -0.492 e. The first-order chi connectivity index (χ1) is 12.4. The molecule has 0 aliphatic rings. The van der Waals surface area contributed by atoms with E-state index in [0.29, 0.717) is 18.3 Å². The van der Waals surface area contributed by atoms with Crippen LogP contribution in [0.1, 0.15) is 45.3 Å². The lowest BCUT2D eigenvalue weighted by molar-refractivity contribution is 0.215. The molecule has 142 valence electrons. The minimum absolute atomic E-state index is 0.0746. The van der Waals surface area contributed by atoms with Gasteiger partial charge in [0.2, 0.25) is 0 Å². The number of aromatic nitrogens is 1. The van der Waals surface area contributed by atoms with Crippen LogP contribution in [0.25, 0.3) is 0 Å². The molecule has 7 heteroatoms. The normalized spacial score (nSPS) is 12.3. The largest absolute Gasteiger partial charge is 0.492 e. The van der Waals surface area contributed by atoms with Crippen LogP contribution in [0.5, 0.6) is 11.5 Å². The van der Waals surface area contributed by atoms with E-state index >= 15 is 0 Å². The van der Waals surface area contributed by atoms with Crippen molar-refractivity contribution in [3.63, 3.8) is 0 Å². The molecule has 2 N–H and O–H groups in total. The van der Waals surface area contributed by atoms with Crippen LogP contribution >= 0.6 is 11.6 Å². The van der Waals surface area contributed by atoms with Gasteiger partial charge in [-0.3, -0.25) is 0 Å². The molecule has 1 heterocycles. The maximum atomic E-state index is 14.0. The molecule has 0 fully saturated rings. The van der Waals surface area contributed by atoms with E-state index in [9.17, 15) is 8.78 Å². The number of nitrogens with two attached hydrogens (primary N) is 1. The topological polar surface area (TPSA) is 57.4 Å². The summed E-state index contributed by atoms with van der Waals surface area (Å²) < 4.78 is 39.1. The summed E-state index contributed by atoms with van der Waals surface area (Å²) in [5, 5.41) is -0.315. The van der Waals surface area contributed by atoms with Crippen LogP contribution in [0.2, 0.25) is 5.02 Å². The molecule has 0 saturated carbocycles. The van der Waals surface area contributed by atoms with Crippen LogP contribution in [0.4, 0.5) is 14.6 Å². The molecular formula is C19H23ClF2N2O2. The summed E-state index contributed by atoms with van der Waals surface area (Å²) in [6.45, 7) is 6.32. The Morgan fingerprint density at radius 2 is 1.85 bits per heavy atom. The third-order valence-corrected chi connectivity index (χ3v) is 4.67. The fourth-order valence-electron chi connectivity index (χ4n) is 2.51. The predicted molar refractivity (Wildman–Crippen MR) is 98.6 cm³/mol. The van der Waals surface area contributed by atoms with E-state index in [-0.39, 0.29) is 22.2 Å². The Bertz CT molecular complexity index is 755. The summed E-state index contributed by atoms with van der Waals surface area (Å²) in [7, 11) is 0. The van der Waals surface area contributed by atoms with Gasteiger partial charge in [0.25, 0.3) is 0 Å². The molecule has 0 radical (unpaired) electrons. The molecule has 1 aromatic carbocycles. The highest BCUT2D eigenvalue weighted by Crippen LogP contribution is 2.34. The molecule has 1 unspecified atom stereocenters. The molecule has 0 spiro atoms. The van der Waals surface area contributed by atoms with E-state index in [2.05, 4.69) is 18.8 Å². The highest BCUT2D eigenvalue weighted by molar-refractivity contribution is 6.31. The van der Waals surface area contributed by atoms with Gasteiger partial charge in [-0.15, -0.1) is 0 Å². The molecule has 2 rings (SSSR count). The van der Waals surface area contributed by atoms with Gasteiger partial charge in [-0.2, -0.15) is 0 Å². The molecule has 1 aromatic heterocycles. The second kappa shape index (κ2) is 9.03. The average molecular weight is 385 g/mol. The molecule has 0 bridgehead atoms. The summed E-state index contributed by atoms with van der Waals surface area (Å²) in [6.07, 6.45) is 2.66. The Kier molecular flexibility index (Phi) is 7.03. The summed E-state index contributed by atoms with van der Waals surface area (Å²) in [5.41, 5.74) is 5.76. The quantitative estimate of drug-likeness (QED) is 0.606. The van der Waals surface area contributed by atoms with Crippen molar-refractivity contribution >= 4 is 17.4 Å². The van der Waals surface area contributed by atoms with Crippen LogP contribution < -0.4 is 15.2 Å². The van der Waals surface area contributed by atoms with E-state index in [4.69, 9.17) is 26.8 Å². The van der Waals surface area contributed by atoms with Crippen molar-refractivity contribution < 1.29 is 18.3 Å². The van der Waals surface area contributed by atoms with Crippen molar-refractivity contribution in [3.8, 4) is 11.5 Å². The van der Waals surface area contributed by atoms with Crippen LogP contribution in [0.3, 0.4) is 0 Å². The van der Waals surface area contributed by atoms with E-state index in [0.717, 1.165) is 25.0 Å². The highest BCUT2D eigenvalue weighted by atomic mass is 35.5. The second-order valence-corrected chi connectivity index (χ2v) is 6.44. The summed E-state index contributed by atoms with van der Waals surface area (Å²) in [6, 6.07) is 3.57. The Morgan fingerprint density at radius 3 is 2.50 bits per heavy atom. The standard InChI is InChI=1S/C19H23ClF2N2O2/c1-4-12(5-2)10-25-13-8-16(19(23)24-9-13)26-11(3)17-14(21)6-7-15(22)18(17)20/h6-9,11-12H,4-5,10H2,1-3H3,(H2,23,24). The van der Waals surface area contributed by atoms with Gasteiger partial charge >= 0.3 is 0 Å². The molecule has 0 aliphatic carbocycles. The summed E-state index contributed by atoms with van der Waals surface area (Å²) in [4.78, 5) is 4.04. The molecule has 0 aliphatic heterocycles. The van der Waals surface area contributed by atoms with Crippen LogP contribution in [-0.2, 0) is 0 Å². The number of halogens is 3. The smallest absolute Gasteiger partial charge is 0.166 e. The zero-order valence-electron chi connectivity index (χ0n) is 15.1. The molecule has 1 atom stereocenters. The van der Waals surface area contributed by atoms with E-state index in [1.54, 1.807) is 13.0 Å². The first-order valence-corrected chi connectivity index (χ1v) is 8.93. The fourth-order valence-corrected chi connectivity index (χ4v) is 2.82. The van der Waals surface area contributed by atoms with Gasteiger partial charge in [0.05, 0.1) is 17.8 Å². The zero-order valence-corrected chi connectivity index (χ0v) is 15.8. The van der Waals surface area contributed by atoms with Crippen molar-refractivity contribution in [1.82, 2.24) is 4.98 Å². The Balaban J connectivity index is 2.19. The number of benzene rings is 1. The molecule has 4 nitrogen and oxygen atoms in total. The Hall–Kier alpha value is -2.08. The number of nitrogens with zero attached hydrogens (tertiary/aromatic N) is 1. The maximum Gasteiger partial charge on any atom is 0.166 e. The highest BCUT2D eigenvalue weighted by Gasteiger charge is 2.21. The third kappa shape index (κ3) is 4.75. The average Bonchev–Trinajstić information content (AvgIpc) is 2.62. The Labute approximate surface area is 157 Å². The van der Waals surface area contributed by atoms with Crippen LogP contribution in [-0.4, -0.2) is 11.6 Å². The van der Waals surface area contributed by atoms with Gasteiger partial charge < -0.3 is 15.2 Å². The van der Waals surface area contributed by atoms with Crippen LogP contribution in [0.15, 0.2) is 24.4 Å². The maximum absolute atomic E-state index is 14.0. The monoisotopic (exact) mass is 384 g/mol. The van der Waals surface area contributed by atoms with E-state index in [1.165, 1.54) is 6.20 Å². The van der Waals surface area contributed by atoms with Crippen molar-refractivity contribution in [3.05, 3.63) is 46.6 Å². The first kappa shape index (κ1) is 20.2. The van der Waals surface area contributed by atoms with Gasteiger partial charge in [0.1, 0.15) is 23.5 Å². The number of hydrogen-bond donors (Lipinski definition) is 1. The van der Waals surface area contributed by atoms with Crippen molar-refractivity contribution in [2.24, 2.45) is 5.92 Å². The first-order valence-electron chi connectivity index (χ1n) is 8.55. The van der Waals surface area contributed by atoms with Crippen molar-refractivity contribution in [2.75, 3.05) is 12.3 Å². The molecule has 0 amide bonds. The van der Waals surface area contributed by atoms with Gasteiger partial charge in [0, 0.05) is 11.6 Å². The molecular weight excluding hydrogens is 362 g/mol. The predicted octanol–water partition coefficient (Wildman–Crippen LogP) is 5.55. The number of hydrogen-bond acceptors (Lipinski definition) is 4. The minimum atomic E-state index is -0.864. The lowest BCUT2D eigenvalue weighted by Gasteiger charge is -2.19. The Morgan fingerprint density at radius 1 is 1.19 bits per heavy atom. The van der Waals surface area contributed by atoms with Gasteiger partial charge in [0.15, 0.2) is 11.6 Å². The summed E-state index contributed by atoms with van der Waals surface area (Å²) >= 11 is 5.88. The van der Waals surface area contributed by atoms with Crippen molar-refractivity contribution in [1.29, 1.82) is 0 Å². The second-order valence-electron chi connectivity index (χ2n) is 6.06. The molecule has 0 saturated heterocycles. The number of ether oxygens (including phenoxy) is 2. The van der Waals surface area contributed by atoms with Crippen molar-refractivity contribution in [2.45, 2.75) is 39.7 Å². The SMILES string of the molecule is CCC(CC)COc1cnc(N)c(OC(C)c2c(F)ccc(F)c2Cl)c1. The van der Waals surface area contributed by atoms with Gasteiger partial charge in [-0.1, -0.05) is 38.3 Å². The van der Waals surface area contributed by atoms with Crippen LogP contribution in [0, 0.1) is 17.6 Å². The van der Waals surface area contributed by atoms with E-state index < -0.39 is 17.7 Å². The fraction of sp³-hybridized carbons (Fsp3) is 0.421. The van der Waals surface area contributed by atoms with Gasteiger partial charge in [-0.25, -0.2) is 13.8 Å². The lowest BCUT2D eigenvalue weighted by atomic mass is 10.1. The number of pyridine rings is 1. The number of rotatable bonds is 8. The lowest BCUT2D eigenvalue weighted by Crippen LogP contribution is -2.12. The van der Waals surface area contributed by atoms with E-state index in [1.807, 2.05) is 0 Å². The molecule has 26 heavy (non-hydrogen) atoms. The number of nitrogen functional groups attached to an aromatic ring is 1. The summed E-state index contributed by atoms with van der Waals surface area (Å²) in [5.74, 6) is -0.0856. The van der Waals surface area contributed by atoms with Gasteiger partial charge in [-0.05, 0) is 25.0 Å². The number of anilines is 1.